The third-order valence-corrected chi connectivity index (χ3v) is 6.19. The van der Waals surface area contributed by atoms with Gasteiger partial charge in [-0.15, -0.1) is 10.2 Å². The Morgan fingerprint density at radius 3 is 2.93 bits per heavy atom. The predicted octanol–water partition coefficient (Wildman–Crippen LogP) is 2.95. The van der Waals surface area contributed by atoms with E-state index in [1.54, 1.807) is 6.33 Å². The fraction of sp³-hybridized carbons (Fsp3) is 0.550. The molecule has 0 bridgehead atoms. The first kappa shape index (κ1) is 18.5. The van der Waals surface area contributed by atoms with E-state index in [0.717, 1.165) is 56.3 Å². The van der Waals surface area contributed by atoms with Gasteiger partial charge in [-0.1, -0.05) is 36.9 Å². The number of benzene rings is 1. The topological polar surface area (TPSA) is 60.2 Å². The first-order valence-corrected chi connectivity index (χ1v) is 10.7. The van der Waals surface area contributed by atoms with Crippen LogP contribution in [0.25, 0.3) is 5.69 Å². The molecule has 2 aromatic rings. The third-order valence-electron chi connectivity index (χ3n) is 5.26. The molecule has 1 aliphatic heterocycles. The second-order valence-electron chi connectivity index (χ2n) is 7.26. The van der Waals surface area contributed by atoms with Crippen LogP contribution < -0.4 is 0 Å². The van der Waals surface area contributed by atoms with Crippen molar-refractivity contribution in [1.82, 2.24) is 19.7 Å². The molecule has 2 fully saturated rings. The van der Waals surface area contributed by atoms with Crippen molar-refractivity contribution in [3.63, 3.8) is 0 Å². The fourth-order valence-electron chi connectivity index (χ4n) is 3.59. The zero-order valence-corrected chi connectivity index (χ0v) is 16.5. The Morgan fingerprint density at radius 2 is 2.19 bits per heavy atom. The van der Waals surface area contributed by atoms with Crippen LogP contribution >= 0.6 is 11.8 Å². The molecule has 1 aliphatic carbocycles. The number of carbonyl (C=O) groups excluding carboxylic acids is 1. The van der Waals surface area contributed by atoms with Gasteiger partial charge in [0.15, 0.2) is 5.16 Å². The molecular weight excluding hydrogens is 360 g/mol. The van der Waals surface area contributed by atoms with Crippen molar-refractivity contribution < 1.29 is 9.53 Å². The van der Waals surface area contributed by atoms with Gasteiger partial charge in [0.25, 0.3) is 0 Å². The lowest BCUT2D eigenvalue weighted by atomic mass is 10.1. The Hall–Kier alpha value is -1.86. The molecular formula is C20H26N4O2S. The standard InChI is InChI=1S/C20H26N4O2S/c1-2-16-5-3-4-6-18(16)24-14-21-22-20(24)27-13-19(25)23(17-7-8-17)11-15-9-10-26-12-15/h3-6,14-15,17H,2,7-13H2,1H3. The summed E-state index contributed by atoms with van der Waals surface area (Å²) in [5.74, 6) is 1.09. The quantitative estimate of drug-likeness (QED) is 0.653. The van der Waals surface area contributed by atoms with Crippen molar-refractivity contribution in [2.24, 2.45) is 5.92 Å². The van der Waals surface area contributed by atoms with Crippen molar-refractivity contribution in [3.8, 4) is 5.69 Å². The van der Waals surface area contributed by atoms with Crippen LogP contribution in [0.2, 0.25) is 0 Å². The number of nitrogens with zero attached hydrogens (tertiary/aromatic N) is 4. The van der Waals surface area contributed by atoms with E-state index in [-0.39, 0.29) is 5.91 Å². The highest BCUT2D eigenvalue weighted by molar-refractivity contribution is 7.99. The SMILES string of the molecule is CCc1ccccc1-n1cnnc1SCC(=O)N(CC1CCOC1)C1CC1. The lowest BCUT2D eigenvalue weighted by Gasteiger charge is -2.25. The maximum Gasteiger partial charge on any atom is 0.233 e. The van der Waals surface area contributed by atoms with E-state index >= 15 is 0 Å². The molecule has 0 N–H and O–H groups in total. The van der Waals surface area contributed by atoms with Crippen LogP contribution in [0, 0.1) is 5.92 Å². The molecule has 1 aromatic carbocycles. The van der Waals surface area contributed by atoms with Gasteiger partial charge in [-0.05, 0) is 37.3 Å². The highest BCUT2D eigenvalue weighted by Crippen LogP contribution is 2.30. The minimum atomic E-state index is 0.202. The van der Waals surface area contributed by atoms with E-state index in [1.807, 2.05) is 16.7 Å². The van der Waals surface area contributed by atoms with E-state index in [1.165, 1.54) is 17.3 Å². The molecule has 2 aliphatic rings. The molecule has 144 valence electrons. The molecule has 4 rings (SSSR count). The van der Waals surface area contributed by atoms with Crippen LogP contribution in [0.1, 0.15) is 31.7 Å². The first-order chi connectivity index (χ1) is 13.3. The molecule has 1 aromatic heterocycles. The first-order valence-electron chi connectivity index (χ1n) is 9.74. The van der Waals surface area contributed by atoms with Crippen LogP contribution in [0.15, 0.2) is 35.7 Å². The summed E-state index contributed by atoms with van der Waals surface area (Å²) in [6.45, 7) is 4.58. The second kappa shape index (κ2) is 8.44. The summed E-state index contributed by atoms with van der Waals surface area (Å²) in [7, 11) is 0. The van der Waals surface area contributed by atoms with E-state index in [4.69, 9.17) is 4.74 Å². The number of rotatable bonds is 8. The summed E-state index contributed by atoms with van der Waals surface area (Å²) in [5, 5.41) is 9.09. The van der Waals surface area contributed by atoms with Gasteiger partial charge in [-0.2, -0.15) is 0 Å². The van der Waals surface area contributed by atoms with Crippen LogP contribution in [0.3, 0.4) is 0 Å². The molecule has 1 saturated carbocycles. The third kappa shape index (κ3) is 4.35. The van der Waals surface area contributed by atoms with Crippen LogP contribution in [-0.2, 0) is 16.0 Å². The summed E-state index contributed by atoms with van der Waals surface area (Å²) in [6, 6.07) is 8.69. The summed E-state index contributed by atoms with van der Waals surface area (Å²) >= 11 is 1.47. The Labute approximate surface area is 164 Å². The number of thioether (sulfide) groups is 1. The molecule has 1 amide bonds. The largest absolute Gasteiger partial charge is 0.381 e. The van der Waals surface area contributed by atoms with Gasteiger partial charge < -0.3 is 9.64 Å². The maximum absolute atomic E-state index is 12.9. The number of hydrogen-bond acceptors (Lipinski definition) is 5. The molecule has 0 spiro atoms. The van der Waals surface area contributed by atoms with Crippen LogP contribution in [0.4, 0.5) is 0 Å². The molecule has 1 unspecified atom stereocenters. The second-order valence-corrected chi connectivity index (χ2v) is 8.20. The summed E-state index contributed by atoms with van der Waals surface area (Å²) in [6.07, 6.45) is 5.99. The molecule has 0 radical (unpaired) electrons. The number of ether oxygens (including phenoxy) is 1. The van der Waals surface area contributed by atoms with E-state index in [9.17, 15) is 4.79 Å². The monoisotopic (exact) mass is 386 g/mol. The lowest BCUT2D eigenvalue weighted by molar-refractivity contribution is -0.129. The van der Waals surface area contributed by atoms with Crippen LogP contribution in [0.5, 0.6) is 0 Å². The minimum absolute atomic E-state index is 0.202. The zero-order valence-electron chi connectivity index (χ0n) is 15.7. The summed E-state index contributed by atoms with van der Waals surface area (Å²) in [4.78, 5) is 15.0. The van der Waals surface area contributed by atoms with Gasteiger partial charge in [-0.3, -0.25) is 9.36 Å². The molecule has 1 saturated heterocycles. The van der Waals surface area contributed by atoms with Crippen molar-refractivity contribution in [1.29, 1.82) is 0 Å². The molecule has 27 heavy (non-hydrogen) atoms. The molecule has 1 atom stereocenters. The average molecular weight is 387 g/mol. The van der Waals surface area contributed by atoms with Crippen molar-refractivity contribution in [2.75, 3.05) is 25.5 Å². The van der Waals surface area contributed by atoms with Gasteiger partial charge >= 0.3 is 0 Å². The maximum atomic E-state index is 12.9. The zero-order chi connectivity index (χ0) is 18.6. The summed E-state index contributed by atoms with van der Waals surface area (Å²) < 4.78 is 7.47. The van der Waals surface area contributed by atoms with Gasteiger partial charge in [0, 0.05) is 25.1 Å². The van der Waals surface area contributed by atoms with Crippen molar-refractivity contribution in [3.05, 3.63) is 36.2 Å². The van der Waals surface area contributed by atoms with Gasteiger partial charge in [0.05, 0.1) is 18.0 Å². The Kier molecular flexibility index (Phi) is 5.78. The molecule has 6 nitrogen and oxygen atoms in total. The smallest absolute Gasteiger partial charge is 0.233 e. The lowest BCUT2D eigenvalue weighted by Crippen LogP contribution is -2.38. The van der Waals surface area contributed by atoms with Crippen molar-refractivity contribution in [2.45, 2.75) is 43.8 Å². The Balaban J connectivity index is 1.42. The normalized spacial score (nSPS) is 19.4. The highest BCUT2D eigenvalue weighted by atomic mass is 32.2. The Morgan fingerprint density at radius 1 is 1.33 bits per heavy atom. The predicted molar refractivity (Wildman–Crippen MR) is 105 cm³/mol. The van der Waals surface area contributed by atoms with Gasteiger partial charge in [0.2, 0.25) is 5.91 Å². The number of aryl methyl sites for hydroxylation is 1. The van der Waals surface area contributed by atoms with Crippen molar-refractivity contribution >= 4 is 17.7 Å². The highest BCUT2D eigenvalue weighted by Gasteiger charge is 2.34. The average Bonchev–Trinajstić information content (AvgIpc) is 3.20. The van der Waals surface area contributed by atoms with E-state index in [2.05, 4.69) is 34.2 Å². The van der Waals surface area contributed by atoms with Gasteiger partial charge in [0.1, 0.15) is 6.33 Å². The number of hydrogen-bond donors (Lipinski definition) is 0. The summed E-state index contributed by atoms with van der Waals surface area (Å²) in [5.41, 5.74) is 2.33. The molecule has 7 heteroatoms. The number of para-hydroxylation sites is 1. The number of amides is 1. The van der Waals surface area contributed by atoms with E-state index < -0.39 is 0 Å². The van der Waals surface area contributed by atoms with Gasteiger partial charge in [-0.25, -0.2) is 0 Å². The van der Waals surface area contributed by atoms with Crippen LogP contribution in [-0.4, -0.2) is 57.1 Å². The minimum Gasteiger partial charge on any atom is -0.381 e. The number of aromatic nitrogens is 3. The van der Waals surface area contributed by atoms with E-state index in [0.29, 0.717) is 17.7 Å². The number of carbonyl (C=O) groups is 1. The fourth-order valence-corrected chi connectivity index (χ4v) is 4.40. The molecule has 2 heterocycles. The Bertz CT molecular complexity index is 784.